The van der Waals surface area contributed by atoms with Crippen LogP contribution < -0.4 is 0 Å². The summed E-state index contributed by atoms with van der Waals surface area (Å²) in [5.74, 6) is -1.94. The van der Waals surface area contributed by atoms with E-state index in [1.807, 2.05) is 0 Å². The second-order valence-corrected chi connectivity index (χ2v) is 2.16. The molecule has 0 fully saturated rings. The molecule has 0 saturated carbocycles. The fraction of sp³-hybridized carbons (Fsp3) is 0. The zero-order chi connectivity index (χ0) is 10.6. The van der Waals surface area contributed by atoms with Gasteiger partial charge in [-0.3, -0.25) is 0 Å². The summed E-state index contributed by atoms with van der Waals surface area (Å²) in [5, 5.41) is 8.48. The molecule has 0 aliphatic carbocycles. The molecular formula is C8H6N2O4. The first kappa shape index (κ1) is 9.85. The first-order chi connectivity index (χ1) is 6.65. The van der Waals surface area contributed by atoms with E-state index >= 15 is 0 Å². The Morgan fingerprint density at radius 3 is 2.36 bits per heavy atom. The number of hydrogen-bond donors (Lipinski definition) is 1. The number of carboxylic acid groups (broad SMARTS) is 1. The Morgan fingerprint density at radius 2 is 1.93 bits per heavy atom. The fourth-order valence-corrected chi connectivity index (χ4v) is 0.680. The number of carbonyl (C=O) groups excluding carboxylic acids is 1. The summed E-state index contributed by atoms with van der Waals surface area (Å²) in [6, 6.07) is 0. The van der Waals surface area contributed by atoms with Crippen LogP contribution in [0.3, 0.4) is 0 Å². The fourth-order valence-electron chi connectivity index (χ4n) is 0.680. The smallest absolute Gasteiger partial charge is 0.363 e. The average Bonchev–Trinajstić information content (AvgIpc) is 2.18. The SMILES string of the molecule is C=COC(=O)c1cnc(C(=O)O)cn1. The largest absolute Gasteiger partial charge is 0.476 e. The molecule has 72 valence electrons. The molecule has 0 aliphatic heterocycles. The third kappa shape index (κ3) is 2.13. The minimum atomic E-state index is -1.21. The van der Waals surface area contributed by atoms with Gasteiger partial charge in [-0.15, -0.1) is 0 Å². The average molecular weight is 194 g/mol. The van der Waals surface area contributed by atoms with E-state index in [1.165, 1.54) is 0 Å². The minimum absolute atomic E-state index is 0.0742. The lowest BCUT2D eigenvalue weighted by Crippen LogP contribution is -2.07. The lowest BCUT2D eigenvalue weighted by atomic mass is 10.4. The highest BCUT2D eigenvalue weighted by Crippen LogP contribution is 1.98. The van der Waals surface area contributed by atoms with Crippen molar-refractivity contribution < 1.29 is 19.4 Å². The second kappa shape index (κ2) is 4.13. The van der Waals surface area contributed by atoms with Crippen LogP contribution >= 0.6 is 0 Å². The second-order valence-electron chi connectivity index (χ2n) is 2.16. The van der Waals surface area contributed by atoms with Gasteiger partial charge in [0.25, 0.3) is 0 Å². The maximum atomic E-state index is 11.0. The number of ether oxygens (including phenoxy) is 1. The first-order valence-corrected chi connectivity index (χ1v) is 3.52. The van der Waals surface area contributed by atoms with Gasteiger partial charge in [-0.05, 0) is 0 Å². The van der Waals surface area contributed by atoms with Gasteiger partial charge in [0.2, 0.25) is 0 Å². The Balaban J connectivity index is 2.88. The van der Waals surface area contributed by atoms with Gasteiger partial charge >= 0.3 is 11.9 Å². The summed E-state index contributed by atoms with van der Waals surface area (Å²) in [6.45, 7) is 3.19. The monoisotopic (exact) mass is 194 g/mol. The zero-order valence-corrected chi connectivity index (χ0v) is 7.01. The van der Waals surface area contributed by atoms with Crippen molar-refractivity contribution in [3.05, 3.63) is 36.6 Å². The molecule has 6 nitrogen and oxygen atoms in total. The third-order valence-electron chi connectivity index (χ3n) is 1.27. The Morgan fingerprint density at radius 1 is 1.36 bits per heavy atom. The van der Waals surface area contributed by atoms with Crippen molar-refractivity contribution >= 4 is 11.9 Å². The topological polar surface area (TPSA) is 89.4 Å². The molecule has 1 heterocycles. The number of carbonyl (C=O) groups is 2. The molecule has 0 aromatic carbocycles. The van der Waals surface area contributed by atoms with E-state index in [0.717, 1.165) is 18.7 Å². The van der Waals surface area contributed by atoms with E-state index < -0.39 is 11.9 Å². The van der Waals surface area contributed by atoms with E-state index in [2.05, 4.69) is 21.3 Å². The summed E-state index contributed by atoms with van der Waals surface area (Å²) in [7, 11) is 0. The molecule has 0 unspecified atom stereocenters. The summed E-state index contributed by atoms with van der Waals surface area (Å²) in [5.41, 5.74) is -0.310. The van der Waals surface area contributed by atoms with Crippen LogP contribution in [0, 0.1) is 0 Å². The quantitative estimate of drug-likeness (QED) is 0.555. The Bertz CT molecular complexity index is 371. The van der Waals surface area contributed by atoms with E-state index in [9.17, 15) is 9.59 Å². The number of aromatic nitrogens is 2. The molecular weight excluding hydrogens is 188 g/mol. The summed E-state index contributed by atoms with van der Waals surface area (Å²) < 4.78 is 4.40. The van der Waals surface area contributed by atoms with Crippen molar-refractivity contribution in [1.82, 2.24) is 9.97 Å². The normalized spacial score (nSPS) is 9.14. The van der Waals surface area contributed by atoms with Crippen LogP contribution in [0.1, 0.15) is 21.0 Å². The van der Waals surface area contributed by atoms with E-state index in [1.54, 1.807) is 0 Å². The molecule has 1 N–H and O–H groups in total. The van der Waals surface area contributed by atoms with E-state index in [0.29, 0.717) is 0 Å². The molecule has 6 heteroatoms. The van der Waals surface area contributed by atoms with Crippen LogP contribution in [0.2, 0.25) is 0 Å². The van der Waals surface area contributed by atoms with Crippen molar-refractivity contribution in [1.29, 1.82) is 0 Å². The van der Waals surface area contributed by atoms with Crippen LogP contribution in [-0.4, -0.2) is 27.0 Å². The molecule has 0 spiro atoms. The van der Waals surface area contributed by atoms with Gasteiger partial charge in [0, 0.05) is 0 Å². The Kier molecular flexibility index (Phi) is 2.90. The maximum Gasteiger partial charge on any atom is 0.363 e. The molecule has 0 atom stereocenters. The summed E-state index contributed by atoms with van der Waals surface area (Å²) in [4.78, 5) is 28.4. The molecule has 0 amide bonds. The molecule has 1 aromatic heterocycles. The number of rotatable bonds is 3. The highest BCUT2D eigenvalue weighted by Gasteiger charge is 2.10. The van der Waals surface area contributed by atoms with Gasteiger partial charge in [-0.2, -0.15) is 0 Å². The molecule has 1 aromatic rings. The highest BCUT2D eigenvalue weighted by molar-refractivity contribution is 5.88. The molecule has 0 saturated heterocycles. The first-order valence-electron chi connectivity index (χ1n) is 3.52. The van der Waals surface area contributed by atoms with Gasteiger partial charge in [-0.25, -0.2) is 19.6 Å². The number of nitrogens with zero attached hydrogens (tertiary/aromatic N) is 2. The van der Waals surface area contributed by atoms with Gasteiger partial charge in [-0.1, -0.05) is 6.58 Å². The van der Waals surface area contributed by atoms with Crippen LogP contribution in [-0.2, 0) is 4.74 Å². The summed E-state index contributed by atoms with van der Waals surface area (Å²) in [6.07, 6.45) is 2.95. The van der Waals surface area contributed by atoms with Crippen molar-refractivity contribution in [2.45, 2.75) is 0 Å². The zero-order valence-electron chi connectivity index (χ0n) is 7.01. The standard InChI is InChI=1S/C8H6N2O4/c1-2-14-8(13)6-4-9-5(3-10-6)7(11)12/h2-4H,1H2,(H,11,12). The molecule has 0 radical (unpaired) electrons. The van der Waals surface area contributed by atoms with Crippen molar-refractivity contribution in [2.24, 2.45) is 0 Å². The number of hydrogen-bond acceptors (Lipinski definition) is 5. The van der Waals surface area contributed by atoms with Crippen molar-refractivity contribution in [2.75, 3.05) is 0 Å². The predicted molar refractivity (Wildman–Crippen MR) is 44.6 cm³/mol. The highest BCUT2D eigenvalue weighted by atomic mass is 16.5. The maximum absolute atomic E-state index is 11.0. The van der Waals surface area contributed by atoms with E-state index in [4.69, 9.17) is 5.11 Å². The Labute approximate surface area is 78.9 Å². The van der Waals surface area contributed by atoms with Crippen LogP contribution in [0.4, 0.5) is 0 Å². The van der Waals surface area contributed by atoms with Crippen LogP contribution in [0.5, 0.6) is 0 Å². The molecule has 0 aliphatic rings. The van der Waals surface area contributed by atoms with Crippen LogP contribution in [0.25, 0.3) is 0 Å². The predicted octanol–water partition coefficient (Wildman–Crippen LogP) is 0.475. The minimum Gasteiger partial charge on any atom is -0.476 e. The molecule has 1 rings (SSSR count). The number of carboxylic acids is 1. The summed E-state index contributed by atoms with van der Waals surface area (Å²) >= 11 is 0. The van der Waals surface area contributed by atoms with Gasteiger partial charge in [0.1, 0.15) is 0 Å². The van der Waals surface area contributed by atoms with Crippen molar-refractivity contribution in [3.8, 4) is 0 Å². The van der Waals surface area contributed by atoms with Gasteiger partial charge in [0.05, 0.1) is 18.7 Å². The van der Waals surface area contributed by atoms with Crippen molar-refractivity contribution in [3.63, 3.8) is 0 Å². The lowest BCUT2D eigenvalue weighted by molar-refractivity contribution is 0.0648. The van der Waals surface area contributed by atoms with Gasteiger partial charge < -0.3 is 9.84 Å². The molecule has 0 bridgehead atoms. The van der Waals surface area contributed by atoms with Crippen LogP contribution in [0.15, 0.2) is 25.2 Å². The lowest BCUT2D eigenvalue weighted by Gasteiger charge is -1.97. The van der Waals surface area contributed by atoms with Gasteiger partial charge in [0.15, 0.2) is 11.4 Å². The molecule has 14 heavy (non-hydrogen) atoms. The third-order valence-corrected chi connectivity index (χ3v) is 1.27. The number of esters is 1. The number of aromatic carboxylic acids is 1. The Hall–Kier alpha value is -2.24. The van der Waals surface area contributed by atoms with E-state index in [-0.39, 0.29) is 11.4 Å².